The van der Waals surface area contributed by atoms with Gasteiger partial charge in [-0.1, -0.05) is 52.2 Å². The van der Waals surface area contributed by atoms with E-state index in [0.717, 1.165) is 18.1 Å². The fourth-order valence-electron chi connectivity index (χ4n) is 2.60. The lowest BCUT2D eigenvalue weighted by Gasteiger charge is -2.13. The van der Waals surface area contributed by atoms with Gasteiger partial charge in [0.05, 0.1) is 26.0 Å². The number of hydrogen-bond acceptors (Lipinski definition) is 5. The molecule has 2 N–H and O–H groups in total. The molecule has 0 aliphatic rings. The Hall–Kier alpha value is -0.680. The first kappa shape index (κ1) is 29.3. The van der Waals surface area contributed by atoms with Crippen molar-refractivity contribution in [1.29, 1.82) is 0 Å². The zero-order valence-electron chi connectivity index (χ0n) is 19.0. The topological polar surface area (TPSA) is 102 Å². The second-order valence-corrected chi connectivity index (χ2v) is 10.4. The molecule has 1 atom stereocenters. The van der Waals surface area contributed by atoms with E-state index in [1.807, 2.05) is 0 Å². The van der Waals surface area contributed by atoms with Crippen LogP contribution in [-0.4, -0.2) is 29.6 Å². The molecule has 1 rings (SSSR count). The summed E-state index contributed by atoms with van der Waals surface area (Å²) in [7, 11) is -6.14. The predicted molar refractivity (Wildman–Crippen MR) is 122 cm³/mol. The number of rotatable bonds is 14. The fourth-order valence-corrected chi connectivity index (χ4v) is 3.84. The van der Waals surface area contributed by atoms with E-state index < -0.39 is 15.9 Å². The summed E-state index contributed by atoms with van der Waals surface area (Å²) in [5.74, 6) is 2.19. The van der Waals surface area contributed by atoms with Crippen molar-refractivity contribution >= 4 is 15.9 Å². The molecule has 9 heteroatoms. The Balaban J connectivity index is 0.000000890. The summed E-state index contributed by atoms with van der Waals surface area (Å²) < 4.78 is 36.2. The van der Waals surface area contributed by atoms with Gasteiger partial charge in [-0.3, -0.25) is 9.13 Å². The Morgan fingerprint density at radius 1 is 0.967 bits per heavy atom. The molecular formula is C21H40O7P2. The highest BCUT2D eigenvalue weighted by molar-refractivity contribution is 7.50. The zero-order chi connectivity index (χ0) is 23.0. The lowest BCUT2D eigenvalue weighted by atomic mass is 9.98. The van der Waals surface area contributed by atoms with E-state index in [-0.39, 0.29) is 6.16 Å². The van der Waals surface area contributed by atoms with Crippen molar-refractivity contribution in [1.82, 2.24) is 0 Å². The van der Waals surface area contributed by atoms with Crippen LogP contribution in [-0.2, 0) is 24.3 Å². The molecule has 30 heavy (non-hydrogen) atoms. The van der Waals surface area contributed by atoms with Gasteiger partial charge in [-0.25, -0.2) is 0 Å². The molecule has 0 bridgehead atoms. The molecule has 0 radical (unpaired) electrons. The summed E-state index contributed by atoms with van der Waals surface area (Å²) in [6, 6.07) is 6.96. The van der Waals surface area contributed by atoms with Crippen LogP contribution in [0.1, 0.15) is 65.9 Å². The third-order valence-electron chi connectivity index (χ3n) is 4.19. The van der Waals surface area contributed by atoms with Crippen molar-refractivity contribution in [3.63, 3.8) is 0 Å². The lowest BCUT2D eigenvalue weighted by Crippen LogP contribution is -2.05. The van der Waals surface area contributed by atoms with Gasteiger partial charge in [0, 0.05) is 0 Å². The molecule has 1 aromatic carbocycles. The molecule has 0 saturated heterocycles. The van der Waals surface area contributed by atoms with Crippen molar-refractivity contribution < 1.29 is 32.7 Å². The molecule has 0 fully saturated rings. The molecular weight excluding hydrogens is 426 g/mol. The Morgan fingerprint density at radius 3 is 2.00 bits per heavy atom. The van der Waals surface area contributed by atoms with Gasteiger partial charge in [-0.2, -0.15) is 0 Å². The number of benzene rings is 1. The van der Waals surface area contributed by atoms with E-state index in [9.17, 15) is 9.13 Å². The molecule has 0 heterocycles. The summed E-state index contributed by atoms with van der Waals surface area (Å²) in [5.41, 5.74) is 0.628. The van der Waals surface area contributed by atoms with Crippen LogP contribution < -0.4 is 4.74 Å². The van der Waals surface area contributed by atoms with E-state index in [2.05, 4.69) is 29.8 Å². The third-order valence-corrected chi connectivity index (χ3v) is 6.02. The quantitative estimate of drug-likeness (QED) is 0.322. The van der Waals surface area contributed by atoms with Gasteiger partial charge in [0.15, 0.2) is 0 Å². The largest absolute Gasteiger partial charge is 0.494 e. The van der Waals surface area contributed by atoms with Gasteiger partial charge >= 0.3 is 15.9 Å². The molecule has 176 valence electrons. The van der Waals surface area contributed by atoms with E-state index in [0.29, 0.717) is 31.3 Å². The standard InChI is InChI=1S/C17H29O4P.C4H11O3P/c1-14(2)5-4-6-15(3)11-12-21-17-9-7-16(8-10-17)13-22(18,19)20;1-3-6-8(5)7-4-2/h7-10,14-15H,4-6,11-13H2,1-3H3,(H2,18,19,20);8H,3-4H2,1-2H3. The predicted octanol–water partition coefficient (Wildman–Crippen LogP) is 6.04. The minimum atomic E-state index is -4.00. The van der Waals surface area contributed by atoms with E-state index >= 15 is 0 Å². The van der Waals surface area contributed by atoms with Gasteiger partial charge in [-0.05, 0) is 49.8 Å². The summed E-state index contributed by atoms with van der Waals surface area (Å²) in [6.07, 6.45) is 4.60. The lowest BCUT2D eigenvalue weighted by molar-refractivity contribution is 0.243. The Labute approximate surface area is 182 Å². The molecule has 0 aliphatic heterocycles. The maximum Gasteiger partial charge on any atom is 0.329 e. The first-order valence-electron chi connectivity index (χ1n) is 10.6. The molecule has 7 nitrogen and oxygen atoms in total. The van der Waals surface area contributed by atoms with Gasteiger partial charge in [0.1, 0.15) is 5.75 Å². The van der Waals surface area contributed by atoms with Crippen molar-refractivity contribution in [2.45, 2.75) is 66.5 Å². The van der Waals surface area contributed by atoms with Crippen LogP contribution in [0.15, 0.2) is 24.3 Å². The fraction of sp³-hybridized carbons (Fsp3) is 0.714. The highest BCUT2D eigenvalue weighted by Crippen LogP contribution is 2.39. The Kier molecular flexibility index (Phi) is 16.6. The average molecular weight is 466 g/mol. The molecule has 1 unspecified atom stereocenters. The maximum atomic E-state index is 10.9. The average Bonchev–Trinajstić information content (AvgIpc) is 2.63. The second-order valence-electron chi connectivity index (χ2n) is 7.65. The van der Waals surface area contributed by atoms with Crippen LogP contribution >= 0.6 is 15.9 Å². The first-order chi connectivity index (χ1) is 14.1. The minimum Gasteiger partial charge on any atom is -0.494 e. The monoisotopic (exact) mass is 466 g/mol. The van der Waals surface area contributed by atoms with Crippen molar-refractivity contribution in [2.24, 2.45) is 11.8 Å². The molecule has 1 aromatic rings. The van der Waals surface area contributed by atoms with E-state index in [1.54, 1.807) is 38.1 Å². The summed E-state index contributed by atoms with van der Waals surface area (Å²) in [5, 5.41) is 0. The molecule has 0 saturated carbocycles. The van der Waals surface area contributed by atoms with Gasteiger partial charge < -0.3 is 23.6 Å². The SMILES string of the molecule is CC(C)CCCC(C)CCOc1ccc(CP(=O)(O)O)cc1.CCO[PH](=O)OCC. The Morgan fingerprint density at radius 2 is 1.53 bits per heavy atom. The van der Waals surface area contributed by atoms with Crippen LogP contribution in [0, 0.1) is 11.8 Å². The highest BCUT2D eigenvalue weighted by Gasteiger charge is 2.13. The van der Waals surface area contributed by atoms with Crippen LogP contribution in [0.3, 0.4) is 0 Å². The van der Waals surface area contributed by atoms with Crippen molar-refractivity contribution in [3.8, 4) is 5.75 Å². The van der Waals surface area contributed by atoms with Crippen molar-refractivity contribution in [2.75, 3.05) is 19.8 Å². The summed E-state index contributed by atoms with van der Waals surface area (Å²) >= 11 is 0. The maximum absolute atomic E-state index is 10.9. The number of hydrogen-bond donors (Lipinski definition) is 2. The molecule has 0 aromatic heterocycles. The summed E-state index contributed by atoms with van der Waals surface area (Å²) in [6.45, 7) is 11.9. The van der Waals surface area contributed by atoms with Crippen LogP contribution in [0.5, 0.6) is 5.75 Å². The smallest absolute Gasteiger partial charge is 0.329 e. The third kappa shape index (κ3) is 18.1. The van der Waals surface area contributed by atoms with Crippen molar-refractivity contribution in [3.05, 3.63) is 29.8 Å². The molecule has 0 spiro atoms. The zero-order valence-corrected chi connectivity index (χ0v) is 20.9. The minimum absolute atomic E-state index is 0.222. The highest BCUT2D eigenvalue weighted by atomic mass is 31.2. The number of ether oxygens (including phenoxy) is 1. The van der Waals surface area contributed by atoms with Crippen LogP contribution in [0.25, 0.3) is 0 Å². The van der Waals surface area contributed by atoms with Crippen LogP contribution in [0.2, 0.25) is 0 Å². The Bertz CT molecular complexity index is 606. The van der Waals surface area contributed by atoms with E-state index in [4.69, 9.17) is 14.5 Å². The summed E-state index contributed by atoms with van der Waals surface area (Å²) in [4.78, 5) is 17.9. The second kappa shape index (κ2) is 16.9. The molecule has 0 amide bonds. The van der Waals surface area contributed by atoms with Gasteiger partial charge in [0.25, 0.3) is 0 Å². The van der Waals surface area contributed by atoms with E-state index in [1.165, 1.54) is 19.3 Å². The normalized spacial score (nSPS) is 12.6. The van der Waals surface area contributed by atoms with Gasteiger partial charge in [0.2, 0.25) is 0 Å². The van der Waals surface area contributed by atoms with Crippen LogP contribution in [0.4, 0.5) is 0 Å². The van der Waals surface area contributed by atoms with Gasteiger partial charge in [-0.15, -0.1) is 0 Å². The first-order valence-corrected chi connectivity index (χ1v) is 13.6. The molecule has 0 aliphatic carbocycles.